The lowest BCUT2D eigenvalue weighted by Gasteiger charge is -2.08. The number of nitrogens with two attached hydrogens (primary N) is 1. The Morgan fingerprint density at radius 3 is 2.72 bits per heavy atom. The SMILES string of the molecule is COCCOCc1nc(C2CCCC2)n(C)c1N. The molecule has 1 heterocycles. The van der Waals surface area contributed by atoms with E-state index in [2.05, 4.69) is 4.98 Å². The van der Waals surface area contributed by atoms with Gasteiger partial charge in [-0.3, -0.25) is 0 Å². The van der Waals surface area contributed by atoms with Crippen molar-refractivity contribution in [2.45, 2.75) is 38.2 Å². The molecule has 18 heavy (non-hydrogen) atoms. The van der Waals surface area contributed by atoms with Crippen LogP contribution in [-0.2, 0) is 23.1 Å². The van der Waals surface area contributed by atoms with Crippen molar-refractivity contribution in [3.05, 3.63) is 11.5 Å². The average Bonchev–Trinajstić information content (AvgIpc) is 2.97. The van der Waals surface area contributed by atoms with Gasteiger partial charge in [0.15, 0.2) is 0 Å². The van der Waals surface area contributed by atoms with Crippen molar-refractivity contribution in [3.8, 4) is 0 Å². The number of imidazole rings is 1. The molecule has 0 amide bonds. The summed E-state index contributed by atoms with van der Waals surface area (Å²) in [5.41, 5.74) is 6.93. The van der Waals surface area contributed by atoms with E-state index < -0.39 is 0 Å². The highest BCUT2D eigenvalue weighted by molar-refractivity contribution is 5.38. The summed E-state index contributed by atoms with van der Waals surface area (Å²) in [5.74, 6) is 2.43. The van der Waals surface area contributed by atoms with Crippen LogP contribution in [0.3, 0.4) is 0 Å². The fourth-order valence-electron chi connectivity index (χ4n) is 2.55. The van der Waals surface area contributed by atoms with Gasteiger partial charge in [0.2, 0.25) is 0 Å². The van der Waals surface area contributed by atoms with E-state index in [9.17, 15) is 0 Å². The van der Waals surface area contributed by atoms with Crippen molar-refractivity contribution in [1.82, 2.24) is 9.55 Å². The molecule has 5 nitrogen and oxygen atoms in total. The van der Waals surface area contributed by atoms with Crippen LogP contribution in [0.2, 0.25) is 0 Å². The zero-order valence-electron chi connectivity index (χ0n) is 11.3. The highest BCUT2D eigenvalue weighted by Gasteiger charge is 2.23. The van der Waals surface area contributed by atoms with Crippen LogP contribution < -0.4 is 5.73 Å². The van der Waals surface area contributed by atoms with Crippen LogP contribution in [0.5, 0.6) is 0 Å². The molecule has 0 radical (unpaired) electrons. The molecule has 1 saturated carbocycles. The van der Waals surface area contributed by atoms with Crippen LogP contribution in [-0.4, -0.2) is 29.9 Å². The molecule has 1 aliphatic rings. The van der Waals surface area contributed by atoms with Crippen LogP contribution in [0, 0.1) is 0 Å². The van der Waals surface area contributed by atoms with Gasteiger partial charge in [0.05, 0.1) is 19.8 Å². The van der Waals surface area contributed by atoms with Crippen molar-refractivity contribution in [2.24, 2.45) is 7.05 Å². The van der Waals surface area contributed by atoms with Crippen molar-refractivity contribution in [3.63, 3.8) is 0 Å². The topological polar surface area (TPSA) is 62.3 Å². The molecule has 5 heteroatoms. The third kappa shape index (κ3) is 2.84. The molecule has 102 valence electrons. The molecule has 0 aromatic carbocycles. The van der Waals surface area contributed by atoms with Gasteiger partial charge in [0, 0.05) is 20.1 Å². The lowest BCUT2D eigenvalue weighted by atomic mass is 10.1. The maximum absolute atomic E-state index is 6.07. The summed E-state index contributed by atoms with van der Waals surface area (Å²) < 4.78 is 12.4. The molecule has 1 aromatic heterocycles. The highest BCUT2D eigenvalue weighted by atomic mass is 16.5. The lowest BCUT2D eigenvalue weighted by molar-refractivity contribution is 0.0605. The monoisotopic (exact) mass is 253 g/mol. The minimum atomic E-state index is 0.468. The Balaban J connectivity index is 2.00. The van der Waals surface area contributed by atoms with E-state index in [1.165, 1.54) is 25.7 Å². The van der Waals surface area contributed by atoms with Gasteiger partial charge in [-0.15, -0.1) is 0 Å². The molecule has 0 saturated heterocycles. The molecular weight excluding hydrogens is 230 g/mol. The van der Waals surface area contributed by atoms with E-state index in [1.807, 2.05) is 11.6 Å². The van der Waals surface area contributed by atoms with Crippen molar-refractivity contribution >= 4 is 5.82 Å². The Morgan fingerprint density at radius 1 is 1.33 bits per heavy atom. The lowest BCUT2D eigenvalue weighted by Crippen LogP contribution is -2.05. The number of ether oxygens (including phenoxy) is 2. The molecule has 0 atom stereocenters. The van der Waals surface area contributed by atoms with Crippen molar-refractivity contribution in [2.75, 3.05) is 26.1 Å². The molecule has 1 aliphatic carbocycles. The molecule has 2 rings (SSSR count). The average molecular weight is 253 g/mol. The first-order valence-corrected chi connectivity index (χ1v) is 6.61. The van der Waals surface area contributed by atoms with Gasteiger partial charge < -0.3 is 19.8 Å². The Labute approximate surface area is 108 Å². The number of hydrogen-bond acceptors (Lipinski definition) is 4. The summed E-state index contributed by atoms with van der Waals surface area (Å²) in [7, 11) is 3.66. The van der Waals surface area contributed by atoms with E-state index in [-0.39, 0.29) is 0 Å². The Hall–Kier alpha value is -1.07. The van der Waals surface area contributed by atoms with Crippen molar-refractivity contribution < 1.29 is 9.47 Å². The maximum Gasteiger partial charge on any atom is 0.128 e. The maximum atomic E-state index is 6.07. The number of nitrogen functional groups attached to an aromatic ring is 1. The fourth-order valence-corrected chi connectivity index (χ4v) is 2.55. The first kappa shape index (κ1) is 13.4. The number of rotatable bonds is 6. The van der Waals surface area contributed by atoms with Gasteiger partial charge in [-0.25, -0.2) is 4.98 Å². The summed E-state index contributed by atoms with van der Waals surface area (Å²) >= 11 is 0. The fraction of sp³-hybridized carbons (Fsp3) is 0.769. The number of aromatic nitrogens is 2. The number of nitrogens with zero attached hydrogens (tertiary/aromatic N) is 2. The molecule has 0 unspecified atom stereocenters. The summed E-state index contributed by atoms with van der Waals surface area (Å²) in [4.78, 5) is 4.66. The summed E-state index contributed by atoms with van der Waals surface area (Å²) in [5, 5.41) is 0. The van der Waals surface area contributed by atoms with E-state index in [4.69, 9.17) is 15.2 Å². The molecule has 2 N–H and O–H groups in total. The van der Waals surface area contributed by atoms with Crippen LogP contribution in [0.4, 0.5) is 5.82 Å². The van der Waals surface area contributed by atoms with E-state index in [0.717, 1.165) is 17.3 Å². The van der Waals surface area contributed by atoms with Crippen LogP contribution in [0.15, 0.2) is 0 Å². The molecule has 0 bridgehead atoms. The smallest absolute Gasteiger partial charge is 0.128 e. The molecule has 1 fully saturated rings. The molecule has 0 aliphatic heterocycles. The second-order valence-corrected chi connectivity index (χ2v) is 4.89. The highest BCUT2D eigenvalue weighted by Crippen LogP contribution is 2.34. The van der Waals surface area contributed by atoms with Gasteiger partial charge in [0.1, 0.15) is 17.3 Å². The number of hydrogen-bond donors (Lipinski definition) is 1. The van der Waals surface area contributed by atoms with Gasteiger partial charge in [-0.05, 0) is 12.8 Å². The molecule has 0 spiro atoms. The predicted octanol–water partition coefficient (Wildman–Crippen LogP) is 1.82. The van der Waals surface area contributed by atoms with Gasteiger partial charge in [-0.2, -0.15) is 0 Å². The molecular formula is C13H23N3O2. The Morgan fingerprint density at radius 2 is 2.06 bits per heavy atom. The third-order valence-corrected chi connectivity index (χ3v) is 3.64. The Bertz CT molecular complexity index is 384. The van der Waals surface area contributed by atoms with E-state index in [0.29, 0.717) is 25.7 Å². The number of methoxy groups -OCH3 is 1. The normalized spacial score (nSPS) is 16.6. The largest absolute Gasteiger partial charge is 0.383 e. The van der Waals surface area contributed by atoms with Crippen molar-refractivity contribution in [1.29, 1.82) is 0 Å². The van der Waals surface area contributed by atoms with Crippen LogP contribution in [0.25, 0.3) is 0 Å². The standard InChI is InChI=1S/C13H23N3O2/c1-16-12(14)11(9-18-8-7-17-2)15-13(16)10-5-3-4-6-10/h10H,3-9,14H2,1-2H3. The first-order valence-electron chi connectivity index (χ1n) is 6.61. The predicted molar refractivity (Wildman–Crippen MR) is 70.4 cm³/mol. The summed E-state index contributed by atoms with van der Waals surface area (Å²) in [6.45, 7) is 1.64. The van der Waals surface area contributed by atoms with Crippen LogP contribution in [0.1, 0.15) is 43.1 Å². The van der Waals surface area contributed by atoms with Gasteiger partial charge >= 0.3 is 0 Å². The minimum absolute atomic E-state index is 0.468. The minimum Gasteiger partial charge on any atom is -0.383 e. The molecule has 1 aromatic rings. The number of anilines is 1. The first-order chi connectivity index (χ1) is 8.74. The van der Waals surface area contributed by atoms with Gasteiger partial charge in [-0.1, -0.05) is 12.8 Å². The van der Waals surface area contributed by atoms with E-state index >= 15 is 0 Å². The second kappa shape index (κ2) is 6.20. The quantitative estimate of drug-likeness (QED) is 0.786. The summed E-state index contributed by atoms with van der Waals surface area (Å²) in [6.07, 6.45) is 5.07. The zero-order valence-corrected chi connectivity index (χ0v) is 11.3. The zero-order chi connectivity index (χ0) is 13.0. The van der Waals surface area contributed by atoms with Gasteiger partial charge in [0.25, 0.3) is 0 Å². The second-order valence-electron chi connectivity index (χ2n) is 4.89. The Kier molecular flexibility index (Phi) is 4.60. The van der Waals surface area contributed by atoms with Crippen LogP contribution >= 0.6 is 0 Å². The van der Waals surface area contributed by atoms with E-state index in [1.54, 1.807) is 7.11 Å². The summed E-state index contributed by atoms with van der Waals surface area (Å²) in [6, 6.07) is 0. The third-order valence-electron chi connectivity index (χ3n) is 3.64.